The Morgan fingerprint density at radius 1 is 1.50 bits per heavy atom. The molecule has 0 unspecified atom stereocenters. The summed E-state index contributed by atoms with van der Waals surface area (Å²) in [5.74, 6) is 1.23. The summed E-state index contributed by atoms with van der Waals surface area (Å²) in [7, 11) is 0. The number of hydrogen-bond donors (Lipinski definition) is 1. The molecule has 0 saturated carbocycles. The van der Waals surface area contributed by atoms with Crippen LogP contribution in [0.25, 0.3) is 0 Å². The molecule has 1 aliphatic heterocycles. The lowest BCUT2D eigenvalue weighted by Crippen LogP contribution is -2.03. The van der Waals surface area contributed by atoms with Gasteiger partial charge in [0, 0.05) is 10.6 Å². The van der Waals surface area contributed by atoms with Crippen molar-refractivity contribution in [3.8, 4) is 0 Å². The SMILES string of the molecule is CCCSc1cccc2c1CC(=O)N2. The zero-order chi connectivity index (χ0) is 9.97. The zero-order valence-corrected chi connectivity index (χ0v) is 8.99. The highest BCUT2D eigenvalue weighted by Gasteiger charge is 2.19. The average Bonchev–Trinajstić information content (AvgIpc) is 2.55. The van der Waals surface area contributed by atoms with E-state index in [2.05, 4.69) is 18.3 Å². The molecule has 1 heterocycles. The summed E-state index contributed by atoms with van der Waals surface area (Å²) in [5.41, 5.74) is 2.17. The number of benzene rings is 1. The number of carbonyl (C=O) groups is 1. The molecule has 1 aromatic carbocycles. The molecule has 74 valence electrons. The van der Waals surface area contributed by atoms with Crippen LogP contribution in [0.15, 0.2) is 23.1 Å². The first-order valence-electron chi connectivity index (χ1n) is 4.86. The molecular formula is C11H13NOS. The van der Waals surface area contributed by atoms with Gasteiger partial charge in [-0.3, -0.25) is 4.79 Å². The van der Waals surface area contributed by atoms with Crippen LogP contribution in [-0.4, -0.2) is 11.7 Å². The van der Waals surface area contributed by atoms with Crippen LogP contribution in [-0.2, 0) is 11.2 Å². The van der Waals surface area contributed by atoms with Crippen LogP contribution in [0, 0.1) is 0 Å². The van der Waals surface area contributed by atoms with Crippen LogP contribution in [0.5, 0.6) is 0 Å². The molecule has 0 bridgehead atoms. The maximum atomic E-state index is 11.2. The smallest absolute Gasteiger partial charge is 0.228 e. The molecule has 1 aliphatic rings. The Bertz CT molecular complexity index is 362. The Morgan fingerprint density at radius 2 is 2.36 bits per heavy atom. The lowest BCUT2D eigenvalue weighted by atomic mass is 10.2. The van der Waals surface area contributed by atoms with Gasteiger partial charge in [0.2, 0.25) is 5.91 Å². The number of fused-ring (bicyclic) bond motifs is 1. The van der Waals surface area contributed by atoms with Gasteiger partial charge in [0.1, 0.15) is 0 Å². The summed E-state index contributed by atoms with van der Waals surface area (Å²) < 4.78 is 0. The fraction of sp³-hybridized carbons (Fsp3) is 0.364. The Kier molecular flexibility index (Phi) is 2.77. The van der Waals surface area contributed by atoms with Gasteiger partial charge in [-0.05, 0) is 29.9 Å². The summed E-state index contributed by atoms with van der Waals surface area (Å²) >= 11 is 1.84. The van der Waals surface area contributed by atoms with E-state index in [1.54, 1.807) is 0 Å². The van der Waals surface area contributed by atoms with Gasteiger partial charge in [-0.15, -0.1) is 11.8 Å². The maximum absolute atomic E-state index is 11.2. The molecule has 3 heteroatoms. The van der Waals surface area contributed by atoms with Gasteiger partial charge < -0.3 is 5.32 Å². The van der Waals surface area contributed by atoms with Gasteiger partial charge >= 0.3 is 0 Å². The Morgan fingerprint density at radius 3 is 3.14 bits per heavy atom. The van der Waals surface area contributed by atoms with Crippen LogP contribution < -0.4 is 5.32 Å². The van der Waals surface area contributed by atoms with Crippen molar-refractivity contribution in [3.05, 3.63) is 23.8 Å². The molecule has 0 aliphatic carbocycles. The first-order chi connectivity index (χ1) is 6.81. The molecule has 14 heavy (non-hydrogen) atoms. The van der Waals surface area contributed by atoms with Crippen molar-refractivity contribution in [2.24, 2.45) is 0 Å². The third-order valence-electron chi connectivity index (χ3n) is 2.21. The lowest BCUT2D eigenvalue weighted by Gasteiger charge is -2.05. The zero-order valence-electron chi connectivity index (χ0n) is 8.17. The fourth-order valence-corrected chi connectivity index (χ4v) is 2.52. The topological polar surface area (TPSA) is 29.1 Å². The van der Waals surface area contributed by atoms with Crippen molar-refractivity contribution in [3.63, 3.8) is 0 Å². The van der Waals surface area contributed by atoms with E-state index < -0.39 is 0 Å². The molecule has 0 spiro atoms. The van der Waals surface area contributed by atoms with Crippen LogP contribution in [0.3, 0.4) is 0 Å². The summed E-state index contributed by atoms with van der Waals surface area (Å²) in [6.45, 7) is 2.17. The van der Waals surface area contributed by atoms with E-state index in [9.17, 15) is 4.79 Å². The van der Waals surface area contributed by atoms with E-state index in [1.807, 2.05) is 23.9 Å². The molecule has 1 amide bonds. The third-order valence-corrected chi connectivity index (χ3v) is 3.51. The molecule has 0 radical (unpaired) electrons. The normalized spacial score (nSPS) is 13.9. The fourth-order valence-electron chi connectivity index (χ4n) is 1.57. The predicted molar refractivity (Wildman–Crippen MR) is 59.8 cm³/mol. The standard InChI is InChI=1S/C11H13NOS/c1-2-6-14-10-5-3-4-9-8(10)7-11(13)12-9/h3-5H,2,6-7H2,1H3,(H,12,13). The highest BCUT2D eigenvalue weighted by molar-refractivity contribution is 7.99. The first-order valence-corrected chi connectivity index (χ1v) is 5.84. The molecule has 1 N–H and O–H groups in total. The van der Waals surface area contributed by atoms with E-state index in [1.165, 1.54) is 10.5 Å². The Balaban J connectivity index is 2.25. The largest absolute Gasteiger partial charge is 0.325 e. The minimum atomic E-state index is 0.115. The van der Waals surface area contributed by atoms with Crippen LogP contribution in [0.4, 0.5) is 5.69 Å². The molecule has 0 aromatic heterocycles. The van der Waals surface area contributed by atoms with Gasteiger partial charge in [-0.1, -0.05) is 13.0 Å². The van der Waals surface area contributed by atoms with E-state index in [-0.39, 0.29) is 5.91 Å². The number of nitrogens with one attached hydrogen (secondary N) is 1. The molecule has 2 rings (SSSR count). The summed E-state index contributed by atoms with van der Waals surface area (Å²) in [5, 5.41) is 2.86. The van der Waals surface area contributed by atoms with Crippen molar-refractivity contribution in [1.82, 2.24) is 0 Å². The highest BCUT2D eigenvalue weighted by Crippen LogP contribution is 2.32. The van der Waals surface area contributed by atoms with E-state index in [0.717, 1.165) is 17.9 Å². The second kappa shape index (κ2) is 4.05. The number of amides is 1. The van der Waals surface area contributed by atoms with Gasteiger partial charge in [0.25, 0.3) is 0 Å². The van der Waals surface area contributed by atoms with Gasteiger partial charge in [0.15, 0.2) is 0 Å². The number of hydrogen-bond acceptors (Lipinski definition) is 2. The second-order valence-electron chi connectivity index (χ2n) is 3.36. The monoisotopic (exact) mass is 207 g/mol. The molecule has 0 fully saturated rings. The number of carbonyl (C=O) groups excluding carboxylic acids is 1. The molecule has 0 saturated heterocycles. The van der Waals surface area contributed by atoms with Crippen molar-refractivity contribution in [1.29, 1.82) is 0 Å². The average molecular weight is 207 g/mol. The van der Waals surface area contributed by atoms with Crippen molar-refractivity contribution >= 4 is 23.4 Å². The van der Waals surface area contributed by atoms with Crippen molar-refractivity contribution in [2.75, 3.05) is 11.1 Å². The predicted octanol–water partition coefficient (Wildman–Crippen LogP) is 2.68. The Hall–Kier alpha value is -0.960. The van der Waals surface area contributed by atoms with Gasteiger partial charge in [0.05, 0.1) is 6.42 Å². The minimum Gasteiger partial charge on any atom is -0.325 e. The maximum Gasteiger partial charge on any atom is 0.228 e. The Labute approximate surface area is 88.1 Å². The van der Waals surface area contributed by atoms with Gasteiger partial charge in [-0.2, -0.15) is 0 Å². The van der Waals surface area contributed by atoms with Gasteiger partial charge in [-0.25, -0.2) is 0 Å². The molecule has 1 aromatic rings. The number of rotatable bonds is 3. The van der Waals surface area contributed by atoms with Crippen molar-refractivity contribution < 1.29 is 4.79 Å². The molecule has 0 atom stereocenters. The van der Waals surface area contributed by atoms with Crippen LogP contribution >= 0.6 is 11.8 Å². The molecular weight excluding hydrogens is 194 g/mol. The summed E-state index contributed by atoms with van der Waals surface area (Å²) in [6.07, 6.45) is 1.71. The van der Waals surface area contributed by atoms with E-state index in [4.69, 9.17) is 0 Å². The number of anilines is 1. The van der Waals surface area contributed by atoms with Crippen LogP contribution in [0.1, 0.15) is 18.9 Å². The third kappa shape index (κ3) is 1.77. The lowest BCUT2D eigenvalue weighted by molar-refractivity contribution is -0.115. The molecule has 2 nitrogen and oxygen atoms in total. The summed E-state index contributed by atoms with van der Waals surface area (Å²) in [6, 6.07) is 6.07. The minimum absolute atomic E-state index is 0.115. The summed E-state index contributed by atoms with van der Waals surface area (Å²) in [4.78, 5) is 12.5. The first kappa shape index (κ1) is 9.59. The quantitative estimate of drug-likeness (QED) is 0.772. The van der Waals surface area contributed by atoms with E-state index in [0.29, 0.717) is 6.42 Å². The number of thioether (sulfide) groups is 1. The second-order valence-corrected chi connectivity index (χ2v) is 4.49. The highest BCUT2D eigenvalue weighted by atomic mass is 32.2. The van der Waals surface area contributed by atoms with E-state index >= 15 is 0 Å². The van der Waals surface area contributed by atoms with Crippen LogP contribution in [0.2, 0.25) is 0 Å². The van der Waals surface area contributed by atoms with Crippen molar-refractivity contribution in [2.45, 2.75) is 24.7 Å².